The number of aliphatic hydroxyl groups is 1. The largest absolute Gasteiger partial charge is 0.390 e. The minimum atomic E-state index is -0.263. The van der Waals surface area contributed by atoms with Gasteiger partial charge in [0.25, 0.3) is 0 Å². The van der Waals surface area contributed by atoms with Gasteiger partial charge in [-0.2, -0.15) is 0 Å². The molecular weight excluding hydrogens is 212 g/mol. The van der Waals surface area contributed by atoms with Crippen molar-refractivity contribution < 1.29 is 9.84 Å². The lowest BCUT2D eigenvalue weighted by atomic mass is 10.0. The van der Waals surface area contributed by atoms with E-state index in [4.69, 9.17) is 4.74 Å². The summed E-state index contributed by atoms with van der Waals surface area (Å²) >= 11 is 0. The first-order valence-corrected chi connectivity index (χ1v) is 7.55. The highest BCUT2D eigenvalue weighted by molar-refractivity contribution is 4.68. The fourth-order valence-electron chi connectivity index (χ4n) is 2.21. The molecule has 0 aromatic carbocycles. The number of aliphatic hydroxyl groups excluding tert-OH is 1. The van der Waals surface area contributed by atoms with Gasteiger partial charge in [-0.25, -0.2) is 0 Å². The fraction of sp³-hybridized carbons (Fsp3) is 1.00. The molecule has 2 nitrogen and oxygen atoms in total. The van der Waals surface area contributed by atoms with E-state index < -0.39 is 0 Å². The van der Waals surface area contributed by atoms with E-state index in [-0.39, 0.29) is 12.2 Å². The monoisotopic (exact) mass is 244 g/mol. The second-order valence-corrected chi connectivity index (χ2v) is 4.91. The topological polar surface area (TPSA) is 29.5 Å². The normalized spacial score (nSPS) is 14.8. The lowest BCUT2D eigenvalue weighted by Crippen LogP contribution is -2.29. The van der Waals surface area contributed by atoms with Crippen molar-refractivity contribution >= 4 is 0 Å². The lowest BCUT2D eigenvalue weighted by Gasteiger charge is -2.22. The number of rotatable bonds is 12. The minimum Gasteiger partial charge on any atom is -0.390 e. The van der Waals surface area contributed by atoms with E-state index in [9.17, 15) is 5.11 Å². The fourth-order valence-corrected chi connectivity index (χ4v) is 2.21. The van der Waals surface area contributed by atoms with Gasteiger partial charge < -0.3 is 9.84 Å². The molecule has 1 N–H and O–H groups in total. The Labute approximate surface area is 108 Å². The van der Waals surface area contributed by atoms with Gasteiger partial charge in [-0.3, -0.25) is 0 Å². The van der Waals surface area contributed by atoms with E-state index in [2.05, 4.69) is 13.8 Å². The number of unbranched alkanes of at least 4 members (excludes halogenated alkanes) is 5. The summed E-state index contributed by atoms with van der Waals surface area (Å²) in [6.07, 6.45) is 10.4. The van der Waals surface area contributed by atoms with Crippen LogP contribution in [-0.4, -0.2) is 23.9 Å². The highest BCUT2D eigenvalue weighted by Crippen LogP contribution is 2.15. The van der Waals surface area contributed by atoms with Gasteiger partial charge in [-0.1, -0.05) is 58.8 Å². The van der Waals surface area contributed by atoms with Crippen LogP contribution in [0.3, 0.4) is 0 Å². The molecule has 0 fully saturated rings. The van der Waals surface area contributed by atoms with Crippen LogP contribution >= 0.6 is 0 Å². The summed E-state index contributed by atoms with van der Waals surface area (Å²) in [6, 6.07) is 0. The second kappa shape index (κ2) is 12.4. The smallest absolute Gasteiger partial charge is 0.0833 e. The summed E-state index contributed by atoms with van der Waals surface area (Å²) in [5.74, 6) is 0. The van der Waals surface area contributed by atoms with Gasteiger partial charge in [-0.15, -0.1) is 0 Å². The van der Waals surface area contributed by atoms with E-state index in [0.29, 0.717) is 6.61 Å². The summed E-state index contributed by atoms with van der Waals surface area (Å²) in [7, 11) is 0. The molecule has 0 aromatic heterocycles. The van der Waals surface area contributed by atoms with Crippen molar-refractivity contribution in [2.45, 2.75) is 90.8 Å². The summed E-state index contributed by atoms with van der Waals surface area (Å²) in [5, 5.41) is 10.0. The van der Waals surface area contributed by atoms with Crippen LogP contribution in [0.2, 0.25) is 0 Å². The van der Waals surface area contributed by atoms with E-state index in [0.717, 1.165) is 25.7 Å². The molecule has 0 aliphatic heterocycles. The molecule has 0 aromatic rings. The van der Waals surface area contributed by atoms with Crippen LogP contribution in [0.15, 0.2) is 0 Å². The molecule has 0 saturated carbocycles. The highest BCUT2D eigenvalue weighted by atomic mass is 16.5. The SMILES string of the molecule is CCCCCCCCC(O)C(CCC)OCC. The summed E-state index contributed by atoms with van der Waals surface area (Å²) in [6.45, 7) is 7.09. The molecule has 2 atom stereocenters. The standard InChI is InChI=1S/C15H32O2/c1-4-7-8-9-10-11-13-14(16)15(12-5-2)17-6-3/h14-16H,4-13H2,1-3H3. The van der Waals surface area contributed by atoms with Gasteiger partial charge in [-0.05, 0) is 19.8 Å². The van der Waals surface area contributed by atoms with Gasteiger partial charge in [0.05, 0.1) is 12.2 Å². The van der Waals surface area contributed by atoms with Crippen molar-refractivity contribution in [1.82, 2.24) is 0 Å². The van der Waals surface area contributed by atoms with Crippen molar-refractivity contribution in [3.63, 3.8) is 0 Å². The number of hydrogen-bond acceptors (Lipinski definition) is 2. The average molecular weight is 244 g/mol. The van der Waals surface area contributed by atoms with Crippen LogP contribution in [0.1, 0.15) is 78.6 Å². The summed E-state index contributed by atoms with van der Waals surface area (Å²) < 4.78 is 5.59. The minimum absolute atomic E-state index is 0.0561. The lowest BCUT2D eigenvalue weighted by molar-refractivity contribution is -0.0408. The molecule has 2 heteroatoms. The number of hydrogen-bond donors (Lipinski definition) is 1. The van der Waals surface area contributed by atoms with Gasteiger partial charge in [0.2, 0.25) is 0 Å². The predicted molar refractivity (Wildman–Crippen MR) is 74.3 cm³/mol. The Balaban J connectivity index is 3.55. The van der Waals surface area contributed by atoms with Gasteiger partial charge in [0, 0.05) is 6.61 Å². The third-order valence-electron chi connectivity index (χ3n) is 3.24. The molecule has 0 amide bonds. The first-order chi connectivity index (χ1) is 8.26. The van der Waals surface area contributed by atoms with Gasteiger partial charge in [0.15, 0.2) is 0 Å². The molecule has 0 saturated heterocycles. The van der Waals surface area contributed by atoms with Crippen LogP contribution in [0.25, 0.3) is 0 Å². The zero-order chi connectivity index (χ0) is 12.9. The molecule has 104 valence electrons. The van der Waals surface area contributed by atoms with Crippen LogP contribution in [-0.2, 0) is 4.74 Å². The third kappa shape index (κ3) is 9.61. The summed E-state index contributed by atoms with van der Waals surface area (Å²) in [4.78, 5) is 0. The van der Waals surface area contributed by atoms with Crippen LogP contribution < -0.4 is 0 Å². The number of ether oxygens (including phenoxy) is 1. The highest BCUT2D eigenvalue weighted by Gasteiger charge is 2.17. The Morgan fingerprint density at radius 3 is 2.06 bits per heavy atom. The van der Waals surface area contributed by atoms with E-state index in [1.165, 1.54) is 32.1 Å². The van der Waals surface area contributed by atoms with Crippen molar-refractivity contribution in [2.24, 2.45) is 0 Å². The molecule has 0 aliphatic rings. The van der Waals surface area contributed by atoms with Gasteiger partial charge >= 0.3 is 0 Å². The molecular formula is C15H32O2. The maximum Gasteiger partial charge on any atom is 0.0833 e. The van der Waals surface area contributed by atoms with Crippen molar-refractivity contribution in [1.29, 1.82) is 0 Å². The Morgan fingerprint density at radius 2 is 1.47 bits per heavy atom. The Kier molecular flexibility index (Phi) is 12.3. The maximum absolute atomic E-state index is 10.0. The molecule has 0 heterocycles. The first kappa shape index (κ1) is 16.9. The van der Waals surface area contributed by atoms with Crippen LogP contribution in [0.5, 0.6) is 0 Å². The van der Waals surface area contributed by atoms with Crippen LogP contribution in [0.4, 0.5) is 0 Å². The quantitative estimate of drug-likeness (QED) is 0.519. The van der Waals surface area contributed by atoms with E-state index in [1.807, 2.05) is 6.92 Å². The average Bonchev–Trinajstić information content (AvgIpc) is 2.33. The second-order valence-electron chi connectivity index (χ2n) is 4.91. The van der Waals surface area contributed by atoms with Crippen molar-refractivity contribution in [3.05, 3.63) is 0 Å². The first-order valence-electron chi connectivity index (χ1n) is 7.55. The zero-order valence-corrected chi connectivity index (χ0v) is 12.1. The summed E-state index contributed by atoms with van der Waals surface area (Å²) in [5.41, 5.74) is 0. The van der Waals surface area contributed by atoms with Crippen molar-refractivity contribution in [2.75, 3.05) is 6.61 Å². The van der Waals surface area contributed by atoms with Crippen LogP contribution in [0, 0.1) is 0 Å². The Morgan fingerprint density at radius 1 is 0.824 bits per heavy atom. The predicted octanol–water partition coefficient (Wildman–Crippen LogP) is 4.30. The molecule has 2 unspecified atom stereocenters. The molecule has 0 spiro atoms. The molecule has 0 bridgehead atoms. The van der Waals surface area contributed by atoms with Crippen molar-refractivity contribution in [3.8, 4) is 0 Å². The molecule has 0 rings (SSSR count). The molecule has 0 aliphatic carbocycles. The molecule has 17 heavy (non-hydrogen) atoms. The third-order valence-corrected chi connectivity index (χ3v) is 3.24. The van der Waals surface area contributed by atoms with E-state index in [1.54, 1.807) is 0 Å². The Hall–Kier alpha value is -0.0800. The zero-order valence-electron chi connectivity index (χ0n) is 12.1. The maximum atomic E-state index is 10.0. The van der Waals surface area contributed by atoms with Gasteiger partial charge in [0.1, 0.15) is 0 Å². The molecule has 0 radical (unpaired) electrons. The Bertz CT molecular complexity index is 142. The van der Waals surface area contributed by atoms with E-state index >= 15 is 0 Å².